The summed E-state index contributed by atoms with van der Waals surface area (Å²) in [6, 6.07) is 18.3. The number of aryl methyl sites for hydroxylation is 2. The van der Waals surface area contributed by atoms with Crippen LogP contribution in [0.5, 0.6) is 0 Å². The summed E-state index contributed by atoms with van der Waals surface area (Å²) < 4.78 is 0. The van der Waals surface area contributed by atoms with E-state index in [2.05, 4.69) is 47.9 Å². The monoisotopic (exact) mass is 422 g/mol. The number of thiophene rings is 1. The molecular formula is C24H28N3O2S+. The topological polar surface area (TPSA) is 74.8 Å². The first-order valence-electron chi connectivity index (χ1n) is 10.00. The number of nitrogens with two attached hydrogens (primary N) is 1. The van der Waals surface area contributed by atoms with E-state index in [1.807, 2.05) is 48.8 Å². The minimum Gasteiger partial charge on any atom is -0.342 e. The molecule has 1 heterocycles. The van der Waals surface area contributed by atoms with Crippen molar-refractivity contribution in [3.8, 4) is 0 Å². The lowest BCUT2D eigenvalue weighted by Gasteiger charge is -2.15. The van der Waals surface area contributed by atoms with E-state index < -0.39 is 0 Å². The second-order valence-electron chi connectivity index (χ2n) is 7.42. The predicted molar refractivity (Wildman–Crippen MR) is 122 cm³/mol. The van der Waals surface area contributed by atoms with Crippen molar-refractivity contribution >= 4 is 28.8 Å². The summed E-state index contributed by atoms with van der Waals surface area (Å²) in [6.07, 6.45) is 0. The minimum atomic E-state index is -0.231. The first-order valence-corrected chi connectivity index (χ1v) is 10.9. The van der Waals surface area contributed by atoms with Gasteiger partial charge in [-0.15, -0.1) is 11.3 Å². The number of carbonyl (C=O) groups excluding carboxylic acids is 2. The Morgan fingerprint density at radius 2 is 1.73 bits per heavy atom. The molecule has 2 amide bonds. The van der Waals surface area contributed by atoms with Gasteiger partial charge in [-0.2, -0.15) is 0 Å². The smallest absolute Gasteiger partial charge is 0.275 e. The average molecular weight is 423 g/mol. The van der Waals surface area contributed by atoms with Gasteiger partial charge in [-0.05, 0) is 49.4 Å². The van der Waals surface area contributed by atoms with Gasteiger partial charge < -0.3 is 16.0 Å². The molecule has 0 unspecified atom stereocenters. The quantitative estimate of drug-likeness (QED) is 0.522. The van der Waals surface area contributed by atoms with Crippen LogP contribution in [0.2, 0.25) is 0 Å². The number of hydrogen-bond acceptors (Lipinski definition) is 3. The van der Waals surface area contributed by atoms with Crippen LogP contribution in [0.3, 0.4) is 0 Å². The number of amides is 2. The first-order chi connectivity index (χ1) is 14.4. The minimum absolute atomic E-state index is 0.0474. The maximum atomic E-state index is 12.4. The third-order valence-corrected chi connectivity index (χ3v) is 6.11. The Hall–Kier alpha value is -2.96. The lowest BCUT2D eigenvalue weighted by molar-refractivity contribution is -0.676. The van der Waals surface area contributed by atoms with Crippen molar-refractivity contribution in [3.05, 3.63) is 87.1 Å². The summed E-state index contributed by atoms with van der Waals surface area (Å²) in [6.45, 7) is 6.22. The third kappa shape index (κ3) is 5.78. The second kappa shape index (κ2) is 10.2. The molecule has 0 saturated heterocycles. The SMILES string of the molecule is Cc1ccc([C@@H]([NH2+]CC(=O)NCC(=O)Nc2cccc(C)c2C)c2cccs2)cc1. The van der Waals surface area contributed by atoms with Crippen molar-refractivity contribution < 1.29 is 14.9 Å². The standard InChI is InChI=1S/C24H27N3O2S/c1-16-9-11-19(12-10-16)24(21-8-5-13-30-21)26-14-22(28)25-15-23(29)27-20-7-4-6-17(2)18(20)3/h4-13,24,26H,14-15H2,1-3H3,(H,25,28)(H,27,29)/p+1/t24-/m1/s1. The Bertz CT molecular complexity index is 998. The van der Waals surface area contributed by atoms with Crippen LogP contribution in [-0.2, 0) is 9.59 Å². The molecule has 1 aromatic heterocycles. The van der Waals surface area contributed by atoms with E-state index in [4.69, 9.17) is 0 Å². The number of benzene rings is 2. The van der Waals surface area contributed by atoms with Crippen molar-refractivity contribution in [2.24, 2.45) is 0 Å². The number of anilines is 1. The van der Waals surface area contributed by atoms with Crippen molar-refractivity contribution in [1.82, 2.24) is 5.32 Å². The predicted octanol–water partition coefficient (Wildman–Crippen LogP) is 3.08. The molecule has 5 nitrogen and oxygen atoms in total. The highest BCUT2D eigenvalue weighted by molar-refractivity contribution is 7.10. The van der Waals surface area contributed by atoms with Crippen LogP contribution in [0, 0.1) is 20.8 Å². The summed E-state index contributed by atoms with van der Waals surface area (Å²) in [5.41, 5.74) is 5.28. The molecule has 0 bridgehead atoms. The molecule has 0 spiro atoms. The number of hydrogen-bond donors (Lipinski definition) is 3. The molecule has 0 aliphatic carbocycles. The van der Waals surface area contributed by atoms with Gasteiger partial charge >= 0.3 is 0 Å². The Morgan fingerprint density at radius 3 is 2.43 bits per heavy atom. The van der Waals surface area contributed by atoms with Crippen molar-refractivity contribution in [2.75, 3.05) is 18.4 Å². The molecule has 0 radical (unpaired) electrons. The van der Waals surface area contributed by atoms with E-state index in [1.165, 1.54) is 10.4 Å². The first kappa shape index (κ1) is 21.7. The summed E-state index contributed by atoms with van der Waals surface area (Å²) in [4.78, 5) is 25.8. The lowest BCUT2D eigenvalue weighted by atomic mass is 10.0. The van der Waals surface area contributed by atoms with Crippen LogP contribution in [0.4, 0.5) is 5.69 Å². The lowest BCUT2D eigenvalue weighted by Crippen LogP contribution is -2.87. The van der Waals surface area contributed by atoms with Crippen LogP contribution in [-0.4, -0.2) is 24.9 Å². The summed E-state index contributed by atoms with van der Waals surface area (Å²) >= 11 is 1.68. The van der Waals surface area contributed by atoms with E-state index in [0.29, 0.717) is 0 Å². The van der Waals surface area contributed by atoms with E-state index >= 15 is 0 Å². The maximum Gasteiger partial charge on any atom is 0.275 e. The number of nitrogens with one attached hydrogen (secondary N) is 2. The van der Waals surface area contributed by atoms with E-state index in [-0.39, 0.29) is 30.9 Å². The Kier molecular flexibility index (Phi) is 7.38. The summed E-state index contributed by atoms with van der Waals surface area (Å²) in [7, 11) is 0. The Labute approximate surface area is 181 Å². The largest absolute Gasteiger partial charge is 0.342 e. The van der Waals surface area contributed by atoms with Crippen molar-refractivity contribution in [1.29, 1.82) is 0 Å². The Balaban J connectivity index is 1.53. The number of quaternary nitrogens is 1. The zero-order valence-electron chi connectivity index (χ0n) is 17.6. The number of carbonyl (C=O) groups is 2. The van der Waals surface area contributed by atoms with Crippen molar-refractivity contribution in [3.63, 3.8) is 0 Å². The van der Waals surface area contributed by atoms with Gasteiger partial charge in [0, 0.05) is 11.3 Å². The molecule has 1 atom stereocenters. The maximum absolute atomic E-state index is 12.4. The fraction of sp³-hybridized carbons (Fsp3) is 0.250. The van der Waals surface area contributed by atoms with Gasteiger partial charge in [-0.3, -0.25) is 9.59 Å². The highest BCUT2D eigenvalue weighted by atomic mass is 32.1. The van der Waals surface area contributed by atoms with E-state index in [0.717, 1.165) is 22.4 Å². The van der Waals surface area contributed by atoms with E-state index in [1.54, 1.807) is 11.3 Å². The molecule has 3 aromatic rings. The van der Waals surface area contributed by atoms with Gasteiger partial charge in [0.1, 0.15) is 6.04 Å². The average Bonchev–Trinajstić information content (AvgIpc) is 3.26. The van der Waals surface area contributed by atoms with Gasteiger partial charge in [0.25, 0.3) is 5.91 Å². The molecule has 156 valence electrons. The molecule has 0 fully saturated rings. The van der Waals surface area contributed by atoms with Gasteiger partial charge in [-0.1, -0.05) is 48.0 Å². The highest BCUT2D eigenvalue weighted by Gasteiger charge is 2.20. The zero-order chi connectivity index (χ0) is 21.5. The summed E-state index contributed by atoms with van der Waals surface area (Å²) in [5, 5.41) is 9.63. The third-order valence-electron chi connectivity index (χ3n) is 5.15. The molecular weight excluding hydrogens is 394 g/mol. The molecule has 6 heteroatoms. The van der Waals surface area contributed by atoms with Crippen LogP contribution >= 0.6 is 11.3 Å². The zero-order valence-corrected chi connectivity index (χ0v) is 18.4. The fourth-order valence-corrected chi connectivity index (χ4v) is 4.07. The molecule has 0 saturated carbocycles. The molecule has 0 aliphatic heterocycles. The van der Waals surface area contributed by atoms with Gasteiger partial charge in [0.2, 0.25) is 5.91 Å². The van der Waals surface area contributed by atoms with Crippen LogP contribution < -0.4 is 16.0 Å². The van der Waals surface area contributed by atoms with Gasteiger partial charge in [0.15, 0.2) is 6.54 Å². The van der Waals surface area contributed by atoms with Gasteiger partial charge in [0.05, 0.1) is 11.4 Å². The summed E-state index contributed by atoms with van der Waals surface area (Å²) in [5.74, 6) is -0.398. The van der Waals surface area contributed by atoms with Crippen LogP contribution in [0.25, 0.3) is 0 Å². The van der Waals surface area contributed by atoms with E-state index in [9.17, 15) is 9.59 Å². The van der Waals surface area contributed by atoms with Gasteiger partial charge in [-0.25, -0.2) is 0 Å². The molecule has 30 heavy (non-hydrogen) atoms. The van der Waals surface area contributed by atoms with Crippen molar-refractivity contribution in [2.45, 2.75) is 26.8 Å². The fourth-order valence-electron chi connectivity index (χ4n) is 3.22. The molecule has 2 aromatic carbocycles. The second-order valence-corrected chi connectivity index (χ2v) is 8.40. The molecule has 0 aliphatic rings. The van der Waals surface area contributed by atoms with Crippen LogP contribution in [0.15, 0.2) is 60.0 Å². The number of rotatable bonds is 8. The molecule has 3 rings (SSSR count). The van der Waals surface area contributed by atoms with Crippen LogP contribution in [0.1, 0.15) is 33.2 Å². The molecule has 4 N–H and O–H groups in total. The Morgan fingerprint density at radius 1 is 0.967 bits per heavy atom. The highest BCUT2D eigenvalue weighted by Crippen LogP contribution is 2.23. The normalized spacial score (nSPS) is 11.7.